The number of methoxy groups -OCH3 is 1. The van der Waals surface area contributed by atoms with E-state index in [1.807, 2.05) is 60.7 Å². The normalized spacial score (nSPS) is 11.9. The lowest BCUT2D eigenvalue weighted by Gasteiger charge is -2.13. The third-order valence-electron chi connectivity index (χ3n) is 4.18. The Morgan fingerprint density at radius 1 is 0.964 bits per heavy atom. The van der Waals surface area contributed by atoms with Gasteiger partial charge in [0.05, 0.1) is 7.11 Å². The van der Waals surface area contributed by atoms with Crippen LogP contribution in [0.3, 0.4) is 0 Å². The molecule has 0 aliphatic carbocycles. The molecule has 0 unspecified atom stereocenters. The fraction of sp³-hybridized carbons (Fsp3) is 0.130. The maximum absolute atomic E-state index is 12.3. The van der Waals surface area contributed by atoms with Crippen molar-refractivity contribution >= 4 is 34.4 Å². The Bertz CT molecular complexity index is 1030. The third-order valence-corrected chi connectivity index (χ3v) is 4.18. The molecular formula is C23H21NO4. The first kappa shape index (κ1) is 19.2. The molecule has 0 aliphatic rings. The summed E-state index contributed by atoms with van der Waals surface area (Å²) in [5.41, 5.74) is 1.45. The fourth-order valence-corrected chi connectivity index (χ4v) is 2.69. The highest BCUT2D eigenvalue weighted by Crippen LogP contribution is 2.19. The molecule has 0 heterocycles. The SMILES string of the molecule is COc1cccc(/C=C/C(=O)O[C@@H](C)C(=O)Nc2ccc3ccccc3c2)c1. The maximum atomic E-state index is 12.3. The number of hydrogen-bond acceptors (Lipinski definition) is 4. The Morgan fingerprint density at radius 2 is 1.75 bits per heavy atom. The van der Waals surface area contributed by atoms with Gasteiger partial charge in [0, 0.05) is 11.8 Å². The predicted molar refractivity (Wildman–Crippen MR) is 110 cm³/mol. The summed E-state index contributed by atoms with van der Waals surface area (Å²) in [6, 6.07) is 20.8. The van der Waals surface area contributed by atoms with Crippen LogP contribution in [0.2, 0.25) is 0 Å². The van der Waals surface area contributed by atoms with Gasteiger partial charge in [-0.05, 0) is 53.6 Å². The maximum Gasteiger partial charge on any atom is 0.331 e. The molecule has 0 radical (unpaired) electrons. The van der Waals surface area contributed by atoms with E-state index in [4.69, 9.17) is 9.47 Å². The van der Waals surface area contributed by atoms with E-state index < -0.39 is 18.0 Å². The minimum atomic E-state index is -0.922. The Labute approximate surface area is 163 Å². The van der Waals surface area contributed by atoms with Crippen molar-refractivity contribution in [2.45, 2.75) is 13.0 Å². The number of rotatable bonds is 6. The largest absolute Gasteiger partial charge is 0.497 e. The zero-order valence-corrected chi connectivity index (χ0v) is 15.7. The average molecular weight is 375 g/mol. The van der Waals surface area contributed by atoms with Crippen molar-refractivity contribution in [1.29, 1.82) is 0 Å². The van der Waals surface area contributed by atoms with Gasteiger partial charge < -0.3 is 14.8 Å². The number of benzene rings is 3. The Hall–Kier alpha value is -3.60. The smallest absolute Gasteiger partial charge is 0.331 e. The number of hydrogen-bond donors (Lipinski definition) is 1. The van der Waals surface area contributed by atoms with Gasteiger partial charge in [-0.1, -0.05) is 42.5 Å². The van der Waals surface area contributed by atoms with Crippen LogP contribution in [0.15, 0.2) is 72.8 Å². The molecule has 0 aromatic heterocycles. The Balaban J connectivity index is 1.58. The van der Waals surface area contributed by atoms with E-state index in [2.05, 4.69) is 5.32 Å². The lowest BCUT2D eigenvalue weighted by molar-refractivity contribution is -0.148. The second kappa shape index (κ2) is 8.86. The molecule has 3 aromatic rings. The minimum absolute atomic E-state index is 0.390. The lowest BCUT2D eigenvalue weighted by Crippen LogP contribution is -2.29. The predicted octanol–water partition coefficient (Wildman–Crippen LogP) is 4.43. The van der Waals surface area contributed by atoms with Crippen molar-refractivity contribution in [1.82, 2.24) is 0 Å². The van der Waals surface area contributed by atoms with Crippen molar-refractivity contribution in [2.24, 2.45) is 0 Å². The highest BCUT2D eigenvalue weighted by atomic mass is 16.5. The van der Waals surface area contributed by atoms with Gasteiger partial charge in [0.25, 0.3) is 5.91 Å². The number of carbonyl (C=O) groups excluding carboxylic acids is 2. The number of fused-ring (bicyclic) bond motifs is 1. The van der Waals surface area contributed by atoms with Crippen LogP contribution >= 0.6 is 0 Å². The van der Waals surface area contributed by atoms with Gasteiger partial charge in [-0.25, -0.2) is 4.79 Å². The van der Waals surface area contributed by atoms with E-state index in [1.54, 1.807) is 19.3 Å². The van der Waals surface area contributed by atoms with Gasteiger partial charge in [0.1, 0.15) is 5.75 Å². The first-order chi connectivity index (χ1) is 13.5. The molecular weight excluding hydrogens is 354 g/mol. The Morgan fingerprint density at radius 3 is 2.54 bits per heavy atom. The summed E-state index contributed by atoms with van der Waals surface area (Å²) in [7, 11) is 1.58. The topological polar surface area (TPSA) is 64.6 Å². The van der Waals surface area contributed by atoms with Gasteiger partial charge in [-0.15, -0.1) is 0 Å². The summed E-state index contributed by atoms with van der Waals surface area (Å²) in [5, 5.41) is 4.88. The summed E-state index contributed by atoms with van der Waals surface area (Å²) in [4.78, 5) is 24.3. The van der Waals surface area contributed by atoms with Crippen LogP contribution in [0.1, 0.15) is 12.5 Å². The minimum Gasteiger partial charge on any atom is -0.497 e. The van der Waals surface area contributed by atoms with E-state index in [9.17, 15) is 9.59 Å². The summed E-state index contributed by atoms with van der Waals surface area (Å²) in [5.74, 6) is -0.291. The highest BCUT2D eigenvalue weighted by Gasteiger charge is 2.16. The molecule has 3 aromatic carbocycles. The van der Waals surface area contributed by atoms with Crippen LogP contribution in [-0.2, 0) is 14.3 Å². The first-order valence-electron chi connectivity index (χ1n) is 8.87. The molecule has 3 rings (SSSR count). The third kappa shape index (κ3) is 4.98. The molecule has 0 saturated heterocycles. The molecule has 1 atom stereocenters. The molecule has 0 bridgehead atoms. The lowest BCUT2D eigenvalue weighted by atomic mass is 10.1. The molecule has 28 heavy (non-hydrogen) atoms. The molecule has 1 N–H and O–H groups in total. The number of esters is 1. The monoisotopic (exact) mass is 375 g/mol. The second-order valence-electron chi connectivity index (χ2n) is 6.24. The van der Waals surface area contributed by atoms with Crippen LogP contribution < -0.4 is 10.1 Å². The summed E-state index contributed by atoms with van der Waals surface area (Å²) >= 11 is 0. The standard InChI is InChI=1S/C23H21NO4/c1-16(28-22(25)13-10-17-6-5-9-21(14-17)27-2)23(26)24-20-12-11-18-7-3-4-8-19(18)15-20/h3-16H,1-2H3,(H,24,26)/b13-10+/t16-/m0/s1. The van der Waals surface area contributed by atoms with E-state index in [-0.39, 0.29) is 0 Å². The van der Waals surface area contributed by atoms with Crippen LogP contribution in [0.25, 0.3) is 16.8 Å². The molecule has 5 heteroatoms. The van der Waals surface area contributed by atoms with Gasteiger partial charge in [0.2, 0.25) is 0 Å². The molecule has 5 nitrogen and oxygen atoms in total. The summed E-state index contributed by atoms with van der Waals surface area (Å²) < 4.78 is 10.3. The summed E-state index contributed by atoms with van der Waals surface area (Å²) in [6.45, 7) is 1.54. The van der Waals surface area contributed by atoms with Crippen molar-refractivity contribution < 1.29 is 19.1 Å². The zero-order valence-electron chi connectivity index (χ0n) is 15.7. The molecule has 0 spiro atoms. The number of amides is 1. The van der Waals surface area contributed by atoms with Crippen LogP contribution in [0.4, 0.5) is 5.69 Å². The number of ether oxygens (including phenoxy) is 2. The van der Waals surface area contributed by atoms with Gasteiger partial charge in [-0.3, -0.25) is 4.79 Å². The van der Waals surface area contributed by atoms with Crippen LogP contribution in [0, 0.1) is 0 Å². The van der Waals surface area contributed by atoms with E-state index in [0.29, 0.717) is 11.4 Å². The van der Waals surface area contributed by atoms with Crippen molar-refractivity contribution in [3.63, 3.8) is 0 Å². The molecule has 1 amide bonds. The number of nitrogens with one attached hydrogen (secondary N) is 1. The van der Waals surface area contributed by atoms with Crippen LogP contribution in [-0.4, -0.2) is 25.1 Å². The van der Waals surface area contributed by atoms with Gasteiger partial charge in [-0.2, -0.15) is 0 Å². The number of carbonyl (C=O) groups is 2. The molecule has 0 aliphatic heterocycles. The Kier molecular flexibility index (Phi) is 6.07. The average Bonchev–Trinajstić information content (AvgIpc) is 2.72. The first-order valence-corrected chi connectivity index (χ1v) is 8.87. The second-order valence-corrected chi connectivity index (χ2v) is 6.24. The zero-order chi connectivity index (χ0) is 19.9. The van der Waals surface area contributed by atoms with Crippen molar-refractivity contribution in [3.05, 3.63) is 78.4 Å². The van der Waals surface area contributed by atoms with Gasteiger partial charge in [0.15, 0.2) is 6.10 Å². The van der Waals surface area contributed by atoms with E-state index in [0.717, 1.165) is 16.3 Å². The van der Waals surface area contributed by atoms with Crippen molar-refractivity contribution in [3.8, 4) is 5.75 Å². The quantitative estimate of drug-likeness (QED) is 0.511. The van der Waals surface area contributed by atoms with Gasteiger partial charge >= 0.3 is 5.97 Å². The van der Waals surface area contributed by atoms with Crippen molar-refractivity contribution in [2.75, 3.05) is 12.4 Å². The van der Waals surface area contributed by atoms with E-state index in [1.165, 1.54) is 13.0 Å². The van der Waals surface area contributed by atoms with Crippen LogP contribution in [0.5, 0.6) is 5.75 Å². The number of anilines is 1. The molecule has 0 saturated carbocycles. The van der Waals surface area contributed by atoms with E-state index >= 15 is 0 Å². The molecule has 142 valence electrons. The summed E-state index contributed by atoms with van der Waals surface area (Å²) in [6.07, 6.45) is 1.97. The fourth-order valence-electron chi connectivity index (χ4n) is 2.69. The highest BCUT2D eigenvalue weighted by molar-refractivity contribution is 5.98. The molecule has 0 fully saturated rings.